The predicted octanol–water partition coefficient (Wildman–Crippen LogP) is 3.16. The molecule has 3 heteroatoms. The molecule has 0 unspecified atom stereocenters. The molecular formula is C17H21NO2. The van der Waals surface area contributed by atoms with Gasteiger partial charge in [-0.15, -0.1) is 0 Å². The summed E-state index contributed by atoms with van der Waals surface area (Å²) in [6.45, 7) is 2.52. The van der Waals surface area contributed by atoms with Gasteiger partial charge in [-0.1, -0.05) is 36.4 Å². The fourth-order valence-electron chi connectivity index (χ4n) is 2.07. The number of nitrogens with two attached hydrogens (primary N) is 1. The van der Waals surface area contributed by atoms with Crippen molar-refractivity contribution in [1.29, 1.82) is 0 Å². The molecule has 106 valence electrons. The average Bonchev–Trinajstić information content (AvgIpc) is 2.46. The molecule has 0 heterocycles. The van der Waals surface area contributed by atoms with E-state index in [0.717, 1.165) is 29.0 Å². The van der Waals surface area contributed by atoms with Crippen LogP contribution in [0.5, 0.6) is 11.5 Å². The Bertz CT molecular complexity index is 538. The summed E-state index contributed by atoms with van der Waals surface area (Å²) in [4.78, 5) is 0. The van der Waals surface area contributed by atoms with Crippen molar-refractivity contribution in [2.24, 2.45) is 5.73 Å². The molecule has 0 amide bonds. The van der Waals surface area contributed by atoms with Gasteiger partial charge >= 0.3 is 0 Å². The molecule has 2 aromatic rings. The lowest BCUT2D eigenvalue weighted by Crippen LogP contribution is -2.17. The summed E-state index contributed by atoms with van der Waals surface area (Å²) < 4.78 is 11.2. The smallest absolute Gasteiger partial charge is 0.161 e. The summed E-state index contributed by atoms with van der Waals surface area (Å²) in [7, 11) is 1.65. The van der Waals surface area contributed by atoms with Crippen LogP contribution < -0.4 is 15.2 Å². The summed E-state index contributed by atoms with van der Waals surface area (Å²) in [5.74, 6) is 1.50. The Labute approximate surface area is 120 Å². The topological polar surface area (TPSA) is 44.5 Å². The molecule has 0 saturated carbocycles. The predicted molar refractivity (Wildman–Crippen MR) is 81.1 cm³/mol. The van der Waals surface area contributed by atoms with E-state index in [-0.39, 0.29) is 6.04 Å². The lowest BCUT2D eigenvalue weighted by Gasteiger charge is -2.13. The van der Waals surface area contributed by atoms with Crippen molar-refractivity contribution in [3.63, 3.8) is 0 Å². The SMILES string of the molecule is COc1ccc(C[C@@H](C)N)cc1OCc1ccccc1. The fraction of sp³-hybridized carbons (Fsp3) is 0.294. The highest BCUT2D eigenvalue weighted by Gasteiger charge is 2.07. The van der Waals surface area contributed by atoms with Crippen LogP contribution in [0, 0.1) is 0 Å². The Morgan fingerprint density at radius 1 is 1.00 bits per heavy atom. The van der Waals surface area contributed by atoms with Crippen LogP contribution in [0.25, 0.3) is 0 Å². The highest BCUT2D eigenvalue weighted by Crippen LogP contribution is 2.29. The van der Waals surface area contributed by atoms with Gasteiger partial charge in [0.05, 0.1) is 7.11 Å². The van der Waals surface area contributed by atoms with Crippen LogP contribution in [0.2, 0.25) is 0 Å². The summed E-state index contributed by atoms with van der Waals surface area (Å²) in [6.07, 6.45) is 0.825. The molecule has 0 spiro atoms. The first kappa shape index (κ1) is 14.4. The standard InChI is InChI=1S/C17H21NO2/c1-13(18)10-15-8-9-16(19-2)17(11-15)20-12-14-6-4-3-5-7-14/h3-9,11,13H,10,12,18H2,1-2H3/t13-/m1/s1. The number of benzene rings is 2. The van der Waals surface area contributed by atoms with Crippen LogP contribution in [0.15, 0.2) is 48.5 Å². The zero-order valence-corrected chi connectivity index (χ0v) is 12.0. The van der Waals surface area contributed by atoms with Crippen molar-refractivity contribution in [2.75, 3.05) is 7.11 Å². The van der Waals surface area contributed by atoms with Gasteiger partial charge in [0.2, 0.25) is 0 Å². The Balaban J connectivity index is 2.12. The van der Waals surface area contributed by atoms with Crippen molar-refractivity contribution in [3.05, 3.63) is 59.7 Å². The Hall–Kier alpha value is -2.00. The molecule has 2 aromatic carbocycles. The number of rotatable bonds is 6. The maximum Gasteiger partial charge on any atom is 0.161 e. The second-order valence-corrected chi connectivity index (χ2v) is 4.94. The van der Waals surface area contributed by atoms with E-state index in [1.807, 2.05) is 55.5 Å². The van der Waals surface area contributed by atoms with Crippen molar-refractivity contribution >= 4 is 0 Å². The monoisotopic (exact) mass is 271 g/mol. The molecule has 0 bridgehead atoms. The minimum Gasteiger partial charge on any atom is -0.493 e. The molecule has 20 heavy (non-hydrogen) atoms. The van der Waals surface area contributed by atoms with Gasteiger partial charge in [-0.2, -0.15) is 0 Å². The molecule has 0 aliphatic heterocycles. The zero-order valence-electron chi connectivity index (χ0n) is 12.0. The Kier molecular flexibility index (Phi) is 5.02. The van der Waals surface area contributed by atoms with Crippen LogP contribution in [0.1, 0.15) is 18.1 Å². The molecule has 2 rings (SSSR count). The minimum absolute atomic E-state index is 0.130. The van der Waals surface area contributed by atoms with E-state index in [9.17, 15) is 0 Å². The van der Waals surface area contributed by atoms with Crippen molar-refractivity contribution in [2.45, 2.75) is 26.0 Å². The molecule has 3 nitrogen and oxygen atoms in total. The largest absolute Gasteiger partial charge is 0.493 e. The maximum atomic E-state index is 5.87. The first-order chi connectivity index (χ1) is 9.69. The summed E-state index contributed by atoms with van der Waals surface area (Å²) in [6, 6.07) is 16.2. The molecule has 1 atom stereocenters. The van der Waals surface area contributed by atoms with Crippen LogP contribution in [-0.2, 0) is 13.0 Å². The minimum atomic E-state index is 0.130. The van der Waals surface area contributed by atoms with Gasteiger partial charge in [-0.3, -0.25) is 0 Å². The third-order valence-corrected chi connectivity index (χ3v) is 3.02. The van der Waals surface area contributed by atoms with Crippen molar-refractivity contribution in [3.8, 4) is 11.5 Å². The van der Waals surface area contributed by atoms with E-state index in [2.05, 4.69) is 0 Å². The number of hydrogen-bond donors (Lipinski definition) is 1. The number of hydrogen-bond acceptors (Lipinski definition) is 3. The van der Waals surface area contributed by atoms with Gasteiger partial charge < -0.3 is 15.2 Å². The molecule has 0 aliphatic carbocycles. The van der Waals surface area contributed by atoms with Crippen molar-refractivity contribution in [1.82, 2.24) is 0 Å². The third-order valence-electron chi connectivity index (χ3n) is 3.02. The Morgan fingerprint density at radius 3 is 2.40 bits per heavy atom. The van der Waals surface area contributed by atoms with Crippen molar-refractivity contribution < 1.29 is 9.47 Å². The van der Waals surface area contributed by atoms with Crippen LogP contribution in [0.4, 0.5) is 0 Å². The second kappa shape index (κ2) is 6.96. The van der Waals surface area contributed by atoms with E-state index in [1.165, 1.54) is 0 Å². The molecule has 0 radical (unpaired) electrons. The molecule has 0 aromatic heterocycles. The van der Waals surface area contributed by atoms with Gasteiger partial charge in [0, 0.05) is 6.04 Å². The van der Waals surface area contributed by atoms with Crippen LogP contribution in [0.3, 0.4) is 0 Å². The molecule has 0 fully saturated rings. The van der Waals surface area contributed by atoms with E-state index in [0.29, 0.717) is 6.61 Å². The zero-order chi connectivity index (χ0) is 14.4. The quantitative estimate of drug-likeness (QED) is 0.877. The summed E-state index contributed by atoms with van der Waals surface area (Å²) >= 11 is 0. The van der Waals surface area contributed by atoms with E-state index in [1.54, 1.807) is 7.11 Å². The first-order valence-electron chi connectivity index (χ1n) is 6.78. The van der Waals surface area contributed by atoms with Crippen LogP contribution in [-0.4, -0.2) is 13.2 Å². The van der Waals surface area contributed by atoms with Crippen LogP contribution >= 0.6 is 0 Å². The molecule has 2 N–H and O–H groups in total. The van der Waals surface area contributed by atoms with Gasteiger partial charge in [-0.05, 0) is 36.6 Å². The summed E-state index contributed by atoms with van der Waals surface area (Å²) in [5, 5.41) is 0. The Morgan fingerprint density at radius 2 is 1.75 bits per heavy atom. The van der Waals surface area contributed by atoms with E-state index >= 15 is 0 Å². The second-order valence-electron chi connectivity index (χ2n) is 4.94. The lowest BCUT2D eigenvalue weighted by atomic mass is 10.1. The summed E-state index contributed by atoms with van der Waals surface area (Å²) in [5.41, 5.74) is 8.13. The fourth-order valence-corrected chi connectivity index (χ4v) is 2.07. The first-order valence-corrected chi connectivity index (χ1v) is 6.78. The highest BCUT2D eigenvalue weighted by atomic mass is 16.5. The maximum absolute atomic E-state index is 5.87. The third kappa shape index (κ3) is 4.00. The van der Waals surface area contributed by atoms with E-state index < -0.39 is 0 Å². The van der Waals surface area contributed by atoms with Gasteiger partial charge in [0.25, 0.3) is 0 Å². The van der Waals surface area contributed by atoms with Gasteiger partial charge in [0.15, 0.2) is 11.5 Å². The number of methoxy groups -OCH3 is 1. The average molecular weight is 271 g/mol. The van der Waals surface area contributed by atoms with E-state index in [4.69, 9.17) is 15.2 Å². The van der Waals surface area contributed by atoms with Gasteiger partial charge in [-0.25, -0.2) is 0 Å². The molecule has 0 aliphatic rings. The number of ether oxygens (including phenoxy) is 2. The molecule has 0 saturated heterocycles. The van der Waals surface area contributed by atoms with Gasteiger partial charge in [0.1, 0.15) is 6.61 Å². The lowest BCUT2D eigenvalue weighted by molar-refractivity contribution is 0.284. The molecular weight excluding hydrogens is 250 g/mol. The normalized spacial score (nSPS) is 11.9. The highest BCUT2D eigenvalue weighted by molar-refractivity contribution is 5.43.